The van der Waals surface area contributed by atoms with E-state index in [0.717, 1.165) is 6.92 Å². The molecule has 3 unspecified atom stereocenters. The molecule has 4 aromatic carbocycles. The molecule has 1 saturated heterocycles. The number of Topliss-reactive ketones (excluding diaryl/α,β-unsaturated/α-hetero) is 1. The number of hydrogen-bond acceptors (Lipinski definition) is 15. The van der Waals surface area contributed by atoms with Gasteiger partial charge in [-0.1, -0.05) is 98.8 Å². The first-order valence-corrected chi connectivity index (χ1v) is 22.7. The van der Waals surface area contributed by atoms with Crippen molar-refractivity contribution in [2.75, 3.05) is 13.2 Å². The molecule has 3 aliphatic carbocycles. The standard InChI is InChI=1S/C53H55NO15/c1-30-36(66-49(62)42(58)41(32-18-10-6-11-19-32)54-47(60)33-20-12-7-13-21-33)27-53(63)46(68-48(61)34-22-14-8-15-23-34)44-51(5,37(56)26-38-52(44,29-65-38)69-31(2)55)45(59)43(40(30)50(53,3)4)67-39(57)28-64-35-24-16-9-17-25-35/h6-25,36-38,41-44,46,56,58,63H,26-29H2,1-5H3,(H,54,60)/t36-,37-,38+,41?,42?,43+,44?,46-,51+,52-,53+/m0/s1. The van der Waals surface area contributed by atoms with Gasteiger partial charge in [0, 0.05) is 30.7 Å². The Kier molecular flexibility index (Phi) is 13.4. The van der Waals surface area contributed by atoms with E-state index in [1.165, 1.54) is 26.0 Å². The van der Waals surface area contributed by atoms with Crippen LogP contribution in [0.15, 0.2) is 132 Å². The minimum Gasteiger partial charge on any atom is -0.482 e. The van der Waals surface area contributed by atoms with Gasteiger partial charge in [0.15, 0.2) is 30.2 Å². The normalized spacial score (nSPS) is 29.7. The zero-order valence-corrected chi connectivity index (χ0v) is 38.7. The van der Waals surface area contributed by atoms with Crippen LogP contribution in [0.5, 0.6) is 5.75 Å². The van der Waals surface area contributed by atoms with Crippen LogP contribution in [-0.4, -0.2) is 112 Å². The molecule has 4 aromatic rings. The molecular formula is C53H55NO15. The highest BCUT2D eigenvalue weighted by atomic mass is 16.6. The zero-order valence-electron chi connectivity index (χ0n) is 38.7. The molecule has 3 fully saturated rings. The van der Waals surface area contributed by atoms with Crippen LogP contribution >= 0.6 is 0 Å². The van der Waals surface area contributed by atoms with Crippen LogP contribution in [0.4, 0.5) is 0 Å². The summed E-state index contributed by atoms with van der Waals surface area (Å²) in [5, 5.41) is 40.8. The molecular weight excluding hydrogens is 891 g/mol. The molecule has 2 bridgehead atoms. The van der Waals surface area contributed by atoms with Crippen molar-refractivity contribution in [3.8, 4) is 5.75 Å². The Morgan fingerprint density at radius 1 is 0.812 bits per heavy atom. The molecule has 16 nitrogen and oxygen atoms in total. The maximum Gasteiger partial charge on any atom is 0.345 e. The van der Waals surface area contributed by atoms with Crippen molar-refractivity contribution in [3.05, 3.63) is 149 Å². The predicted molar refractivity (Wildman–Crippen MR) is 244 cm³/mol. The zero-order chi connectivity index (χ0) is 49.5. The van der Waals surface area contributed by atoms with Gasteiger partial charge < -0.3 is 49.1 Å². The molecule has 4 aliphatic rings. The Balaban J connectivity index is 1.28. The Morgan fingerprint density at radius 2 is 1.39 bits per heavy atom. The van der Waals surface area contributed by atoms with Gasteiger partial charge in [-0.3, -0.25) is 14.4 Å². The van der Waals surface area contributed by atoms with Gasteiger partial charge in [0.05, 0.1) is 35.6 Å². The number of ether oxygens (including phenoxy) is 6. The van der Waals surface area contributed by atoms with Crippen molar-refractivity contribution in [1.82, 2.24) is 5.32 Å². The number of nitrogens with one attached hydrogen (secondary N) is 1. The summed E-state index contributed by atoms with van der Waals surface area (Å²) in [7, 11) is 0. The van der Waals surface area contributed by atoms with Gasteiger partial charge in [-0.25, -0.2) is 14.4 Å². The molecule has 0 radical (unpaired) electrons. The second-order valence-electron chi connectivity index (χ2n) is 18.8. The van der Waals surface area contributed by atoms with Gasteiger partial charge in [-0.2, -0.15) is 0 Å². The summed E-state index contributed by atoms with van der Waals surface area (Å²) in [6, 6.07) is 31.2. The topological polar surface area (TPSA) is 231 Å². The summed E-state index contributed by atoms with van der Waals surface area (Å²) in [5.41, 5.74) is -7.43. The molecule has 362 valence electrons. The van der Waals surface area contributed by atoms with Gasteiger partial charge >= 0.3 is 23.9 Å². The molecule has 4 N–H and O–H groups in total. The van der Waals surface area contributed by atoms with Crippen LogP contribution < -0.4 is 10.1 Å². The molecule has 0 spiro atoms. The van der Waals surface area contributed by atoms with E-state index in [4.69, 9.17) is 28.4 Å². The summed E-state index contributed by atoms with van der Waals surface area (Å²) in [6.07, 6.45) is -10.9. The lowest BCUT2D eigenvalue weighted by atomic mass is 9.44. The van der Waals surface area contributed by atoms with Crippen LogP contribution in [0.2, 0.25) is 0 Å². The lowest BCUT2D eigenvalue weighted by molar-refractivity contribution is -0.346. The highest BCUT2D eigenvalue weighted by Gasteiger charge is 2.78. The number of rotatable bonds is 13. The van der Waals surface area contributed by atoms with Crippen molar-refractivity contribution in [2.45, 2.75) is 101 Å². The SMILES string of the molecule is CC(=O)O[C@@]12CO[C@@H]1C[C@H](O)[C@@]1(C)C(=O)[C@H](OC(=O)COc3ccccc3)C3=C(C)[C@@H](OC(=O)C(O)C(NC(=O)c4ccccc4)c4ccccc4)C[C@@](O)([C@@H](OC(=O)c4ccccc4)C12)C3(C)C. The highest BCUT2D eigenvalue weighted by molar-refractivity contribution is 5.96. The lowest BCUT2D eigenvalue weighted by Crippen LogP contribution is -2.82. The number of para-hydroxylation sites is 1. The van der Waals surface area contributed by atoms with Gasteiger partial charge in [0.1, 0.15) is 29.7 Å². The Morgan fingerprint density at radius 3 is 1.97 bits per heavy atom. The number of esters is 4. The average molecular weight is 946 g/mol. The molecule has 1 aliphatic heterocycles. The Hall–Kier alpha value is -6.72. The molecule has 1 amide bonds. The molecule has 0 aromatic heterocycles. The first-order valence-electron chi connectivity index (χ1n) is 22.7. The van der Waals surface area contributed by atoms with E-state index in [-0.39, 0.29) is 35.3 Å². The molecule has 16 heteroatoms. The van der Waals surface area contributed by atoms with Gasteiger partial charge in [0.2, 0.25) is 0 Å². The first-order chi connectivity index (χ1) is 32.8. The minimum atomic E-state index is -2.45. The fraction of sp³-hybridized carbons (Fsp3) is 0.396. The summed E-state index contributed by atoms with van der Waals surface area (Å²) >= 11 is 0. The van der Waals surface area contributed by atoms with Crippen LogP contribution in [0.25, 0.3) is 0 Å². The van der Waals surface area contributed by atoms with Crippen molar-refractivity contribution in [1.29, 1.82) is 0 Å². The van der Waals surface area contributed by atoms with Crippen molar-refractivity contribution < 1.29 is 72.5 Å². The van der Waals surface area contributed by atoms with E-state index >= 15 is 4.79 Å². The summed E-state index contributed by atoms with van der Waals surface area (Å²) in [5.74, 6) is -6.84. The lowest BCUT2D eigenvalue weighted by Gasteiger charge is -2.67. The Bertz CT molecular complexity index is 2620. The summed E-state index contributed by atoms with van der Waals surface area (Å²) in [6.45, 7) is 6.13. The minimum absolute atomic E-state index is 0.0527. The molecule has 11 atom stereocenters. The number of ketones is 1. The smallest absolute Gasteiger partial charge is 0.345 e. The second-order valence-corrected chi connectivity index (χ2v) is 18.8. The van der Waals surface area contributed by atoms with Crippen LogP contribution in [-0.2, 0) is 42.9 Å². The van der Waals surface area contributed by atoms with Crippen LogP contribution in [0.3, 0.4) is 0 Å². The molecule has 8 rings (SSSR count). The number of benzene rings is 4. The number of aliphatic hydroxyl groups is 3. The number of amides is 1. The predicted octanol–water partition coefficient (Wildman–Crippen LogP) is 4.79. The van der Waals surface area contributed by atoms with Gasteiger partial charge in [-0.05, 0) is 67.0 Å². The molecule has 2 saturated carbocycles. The second kappa shape index (κ2) is 19.0. The van der Waals surface area contributed by atoms with E-state index in [2.05, 4.69) is 5.32 Å². The highest BCUT2D eigenvalue weighted by Crippen LogP contribution is 2.64. The molecule has 1 heterocycles. The van der Waals surface area contributed by atoms with Crippen LogP contribution in [0, 0.1) is 16.7 Å². The van der Waals surface area contributed by atoms with Crippen molar-refractivity contribution >= 4 is 35.6 Å². The van der Waals surface area contributed by atoms with E-state index < -0.39 is 119 Å². The fourth-order valence-electron chi connectivity index (χ4n) is 10.8. The van der Waals surface area contributed by atoms with Crippen LogP contribution in [0.1, 0.15) is 79.8 Å². The Labute approximate surface area is 398 Å². The monoisotopic (exact) mass is 945 g/mol. The van der Waals surface area contributed by atoms with E-state index in [0.29, 0.717) is 11.3 Å². The number of carbonyl (C=O) groups excluding carboxylic acids is 6. The van der Waals surface area contributed by atoms with E-state index in [9.17, 15) is 39.3 Å². The van der Waals surface area contributed by atoms with Crippen molar-refractivity contribution in [2.24, 2.45) is 16.7 Å². The third-order valence-corrected chi connectivity index (χ3v) is 14.5. The van der Waals surface area contributed by atoms with E-state index in [1.54, 1.807) is 123 Å². The average Bonchev–Trinajstić information content (AvgIpc) is 3.34. The third kappa shape index (κ3) is 8.71. The summed E-state index contributed by atoms with van der Waals surface area (Å²) in [4.78, 5) is 85.6. The van der Waals surface area contributed by atoms with Gasteiger partial charge in [0.25, 0.3) is 5.91 Å². The fourth-order valence-corrected chi connectivity index (χ4v) is 10.8. The summed E-state index contributed by atoms with van der Waals surface area (Å²) < 4.78 is 36.6. The number of fused-ring (bicyclic) bond motifs is 5. The number of carbonyl (C=O) groups is 6. The third-order valence-electron chi connectivity index (χ3n) is 14.5. The maximum atomic E-state index is 15.9. The number of aliphatic hydroxyl groups excluding tert-OH is 2. The van der Waals surface area contributed by atoms with Crippen molar-refractivity contribution in [3.63, 3.8) is 0 Å². The first kappa shape index (κ1) is 48.7. The maximum absolute atomic E-state index is 15.9. The van der Waals surface area contributed by atoms with Gasteiger partial charge in [-0.15, -0.1) is 0 Å². The largest absolute Gasteiger partial charge is 0.482 e. The molecule has 69 heavy (non-hydrogen) atoms. The quantitative estimate of drug-likeness (QED) is 0.0802. The number of hydrogen-bond donors (Lipinski definition) is 4. The van der Waals surface area contributed by atoms with E-state index in [1.807, 2.05) is 0 Å².